The molecule has 1 aromatic rings. The first-order valence-corrected chi connectivity index (χ1v) is 6.72. The molecule has 0 atom stereocenters. The molecule has 0 bridgehead atoms. The van der Waals surface area contributed by atoms with Crippen LogP contribution in [-0.4, -0.2) is 21.1 Å². The molecule has 3 nitrogen and oxygen atoms in total. The van der Waals surface area contributed by atoms with Gasteiger partial charge in [0.2, 0.25) is 10.0 Å². The highest BCUT2D eigenvalue weighted by Gasteiger charge is 2.30. The monoisotopic (exact) mass is 331 g/mol. The lowest BCUT2D eigenvalue weighted by Crippen LogP contribution is -2.33. The molecular formula is C9H9BrF3NO2S. The van der Waals surface area contributed by atoms with Gasteiger partial charge in [0.05, 0.1) is 4.90 Å². The minimum absolute atomic E-state index is 0.192. The lowest BCUT2D eigenvalue weighted by atomic mass is 10.2. The van der Waals surface area contributed by atoms with Crippen LogP contribution in [0.4, 0.5) is 13.2 Å². The molecular weight excluding hydrogens is 323 g/mol. The zero-order valence-corrected chi connectivity index (χ0v) is 11.1. The van der Waals surface area contributed by atoms with Crippen molar-refractivity contribution < 1.29 is 21.6 Å². The van der Waals surface area contributed by atoms with Gasteiger partial charge in [0.1, 0.15) is 6.54 Å². The molecule has 0 aliphatic heterocycles. The maximum atomic E-state index is 11.9. The van der Waals surface area contributed by atoms with Crippen molar-refractivity contribution in [3.63, 3.8) is 0 Å². The van der Waals surface area contributed by atoms with E-state index in [1.54, 1.807) is 6.92 Å². The molecule has 0 spiro atoms. The standard InChI is InChI=1S/C9H9BrF3NO2S/c1-6-4-7(2-3-8(6)10)17(15,16)14-5-9(11,12)13/h2-4,14H,5H2,1H3. The number of hydrogen-bond acceptors (Lipinski definition) is 2. The second-order valence-electron chi connectivity index (χ2n) is 3.35. The summed E-state index contributed by atoms with van der Waals surface area (Å²) in [5, 5.41) is 0. The van der Waals surface area contributed by atoms with Crippen LogP contribution in [0.15, 0.2) is 27.6 Å². The summed E-state index contributed by atoms with van der Waals surface area (Å²) in [6, 6.07) is 4.00. The maximum Gasteiger partial charge on any atom is 0.402 e. The van der Waals surface area contributed by atoms with Gasteiger partial charge in [0, 0.05) is 4.47 Å². The first-order valence-electron chi connectivity index (χ1n) is 4.44. The van der Waals surface area contributed by atoms with E-state index in [1.165, 1.54) is 22.9 Å². The minimum atomic E-state index is -4.57. The van der Waals surface area contributed by atoms with Crippen molar-refractivity contribution in [2.45, 2.75) is 18.0 Å². The predicted octanol–water partition coefficient (Wildman–Crippen LogP) is 2.60. The average Bonchev–Trinajstić information content (AvgIpc) is 2.18. The fourth-order valence-electron chi connectivity index (χ4n) is 1.04. The van der Waals surface area contributed by atoms with Gasteiger partial charge >= 0.3 is 6.18 Å². The Hall–Kier alpha value is -0.600. The molecule has 0 amide bonds. The Balaban J connectivity index is 2.94. The van der Waals surface area contributed by atoms with Crippen molar-refractivity contribution in [3.05, 3.63) is 28.2 Å². The van der Waals surface area contributed by atoms with Crippen LogP contribution in [0.2, 0.25) is 0 Å². The van der Waals surface area contributed by atoms with Crippen molar-refractivity contribution in [3.8, 4) is 0 Å². The summed E-state index contributed by atoms with van der Waals surface area (Å²) < 4.78 is 60.9. The molecule has 0 fully saturated rings. The Kier molecular flexibility index (Phi) is 4.21. The quantitative estimate of drug-likeness (QED) is 0.925. The summed E-state index contributed by atoms with van der Waals surface area (Å²) >= 11 is 3.17. The molecule has 1 aromatic carbocycles. The van der Waals surface area contributed by atoms with Gasteiger partial charge in [-0.05, 0) is 30.7 Å². The summed E-state index contributed by atoms with van der Waals surface area (Å²) in [6.45, 7) is 0.0668. The van der Waals surface area contributed by atoms with E-state index in [9.17, 15) is 21.6 Å². The van der Waals surface area contributed by atoms with Crippen LogP contribution >= 0.6 is 15.9 Å². The van der Waals surface area contributed by atoms with Gasteiger partial charge in [-0.3, -0.25) is 0 Å². The molecule has 17 heavy (non-hydrogen) atoms. The fraction of sp³-hybridized carbons (Fsp3) is 0.333. The summed E-state index contributed by atoms with van der Waals surface area (Å²) in [7, 11) is -4.12. The Bertz CT molecular complexity index is 513. The normalized spacial score (nSPS) is 12.8. The van der Waals surface area contributed by atoms with Gasteiger partial charge in [-0.15, -0.1) is 0 Å². The van der Waals surface area contributed by atoms with Crippen molar-refractivity contribution in [2.75, 3.05) is 6.54 Å². The van der Waals surface area contributed by atoms with Gasteiger partial charge in [0.15, 0.2) is 0 Å². The first-order chi connectivity index (χ1) is 7.62. The molecule has 8 heteroatoms. The Morgan fingerprint density at radius 1 is 1.35 bits per heavy atom. The molecule has 0 heterocycles. The van der Waals surface area contributed by atoms with Crippen LogP contribution < -0.4 is 4.72 Å². The zero-order valence-electron chi connectivity index (χ0n) is 8.68. The molecule has 96 valence electrons. The molecule has 0 saturated heterocycles. The molecule has 0 aliphatic carbocycles. The predicted molar refractivity (Wildman–Crippen MR) is 60.1 cm³/mol. The maximum absolute atomic E-state index is 11.9. The summed E-state index contributed by atoms with van der Waals surface area (Å²) in [5.41, 5.74) is 0.625. The number of benzene rings is 1. The molecule has 0 aromatic heterocycles. The molecule has 1 rings (SSSR count). The van der Waals surface area contributed by atoms with E-state index in [4.69, 9.17) is 0 Å². The molecule has 0 unspecified atom stereocenters. The summed E-state index contributed by atoms with van der Waals surface area (Å²) in [4.78, 5) is -0.192. The summed E-state index contributed by atoms with van der Waals surface area (Å²) in [6.07, 6.45) is -4.57. The molecule has 0 saturated carbocycles. The van der Waals surface area contributed by atoms with Crippen molar-refractivity contribution in [2.24, 2.45) is 0 Å². The number of hydrogen-bond donors (Lipinski definition) is 1. The van der Waals surface area contributed by atoms with Crippen LogP contribution in [0.1, 0.15) is 5.56 Å². The second-order valence-corrected chi connectivity index (χ2v) is 5.97. The van der Waals surface area contributed by atoms with E-state index >= 15 is 0 Å². The topological polar surface area (TPSA) is 46.2 Å². The van der Waals surface area contributed by atoms with Crippen LogP contribution in [0.5, 0.6) is 0 Å². The number of nitrogens with one attached hydrogen (secondary N) is 1. The zero-order chi connectivity index (χ0) is 13.3. The van der Waals surface area contributed by atoms with E-state index in [2.05, 4.69) is 15.9 Å². The van der Waals surface area contributed by atoms with E-state index in [0.29, 0.717) is 10.0 Å². The lowest BCUT2D eigenvalue weighted by molar-refractivity contribution is -0.121. The van der Waals surface area contributed by atoms with E-state index in [0.717, 1.165) is 0 Å². The van der Waals surface area contributed by atoms with E-state index < -0.39 is 22.7 Å². The third-order valence-corrected chi connectivity index (χ3v) is 4.19. The van der Waals surface area contributed by atoms with Crippen molar-refractivity contribution in [1.29, 1.82) is 0 Å². The number of sulfonamides is 1. The molecule has 0 radical (unpaired) electrons. The largest absolute Gasteiger partial charge is 0.402 e. The van der Waals surface area contributed by atoms with Gasteiger partial charge in [0.25, 0.3) is 0 Å². The summed E-state index contributed by atoms with van der Waals surface area (Å²) in [5.74, 6) is 0. The van der Waals surface area contributed by atoms with Crippen LogP contribution in [0.25, 0.3) is 0 Å². The minimum Gasteiger partial charge on any atom is -0.207 e. The smallest absolute Gasteiger partial charge is 0.207 e. The number of halogens is 4. The van der Waals surface area contributed by atoms with Gasteiger partial charge in [-0.1, -0.05) is 15.9 Å². The average molecular weight is 332 g/mol. The van der Waals surface area contributed by atoms with Crippen molar-refractivity contribution in [1.82, 2.24) is 4.72 Å². The lowest BCUT2D eigenvalue weighted by Gasteiger charge is -2.10. The highest BCUT2D eigenvalue weighted by atomic mass is 79.9. The Morgan fingerprint density at radius 2 is 1.94 bits per heavy atom. The van der Waals surface area contributed by atoms with Crippen LogP contribution in [-0.2, 0) is 10.0 Å². The highest BCUT2D eigenvalue weighted by Crippen LogP contribution is 2.20. The Morgan fingerprint density at radius 3 is 2.41 bits per heavy atom. The number of alkyl halides is 3. The van der Waals surface area contributed by atoms with Crippen LogP contribution in [0, 0.1) is 6.92 Å². The van der Waals surface area contributed by atoms with Gasteiger partial charge < -0.3 is 0 Å². The Labute approximate surface area is 105 Å². The van der Waals surface area contributed by atoms with Gasteiger partial charge in [-0.2, -0.15) is 13.2 Å². The number of rotatable bonds is 3. The van der Waals surface area contributed by atoms with E-state index in [-0.39, 0.29) is 4.90 Å². The van der Waals surface area contributed by atoms with Crippen LogP contribution in [0.3, 0.4) is 0 Å². The van der Waals surface area contributed by atoms with E-state index in [1.807, 2.05) is 0 Å². The van der Waals surface area contributed by atoms with Gasteiger partial charge in [-0.25, -0.2) is 13.1 Å². The first kappa shape index (κ1) is 14.5. The second kappa shape index (κ2) is 4.95. The molecule has 1 N–H and O–H groups in total. The third-order valence-electron chi connectivity index (χ3n) is 1.90. The molecule has 0 aliphatic rings. The third kappa shape index (κ3) is 4.29. The highest BCUT2D eigenvalue weighted by molar-refractivity contribution is 9.10. The number of aryl methyl sites for hydroxylation is 1. The SMILES string of the molecule is Cc1cc(S(=O)(=O)NCC(F)(F)F)ccc1Br. The fourth-order valence-corrected chi connectivity index (χ4v) is 2.39. The van der Waals surface area contributed by atoms with Crippen molar-refractivity contribution >= 4 is 26.0 Å².